The molecule has 1 aromatic rings. The summed E-state index contributed by atoms with van der Waals surface area (Å²) in [7, 11) is 0. The second kappa shape index (κ2) is 6.21. The van der Waals surface area contributed by atoms with Crippen molar-refractivity contribution in [1.82, 2.24) is 5.32 Å². The number of carbonyl (C=O) groups excluding carboxylic acids is 1. The molecule has 0 atom stereocenters. The first-order valence-electron chi connectivity index (χ1n) is 5.67. The monoisotopic (exact) mass is 328 g/mol. The van der Waals surface area contributed by atoms with Crippen molar-refractivity contribution in [2.24, 2.45) is 0 Å². The molecule has 1 amide bonds. The van der Waals surface area contributed by atoms with Gasteiger partial charge in [-0.25, -0.2) is 0 Å². The third kappa shape index (κ3) is 3.24. The molecule has 0 fully saturated rings. The Bertz CT molecular complexity index is 492. The van der Waals surface area contributed by atoms with Crippen molar-refractivity contribution < 1.29 is 4.79 Å². The van der Waals surface area contributed by atoms with E-state index in [1.807, 2.05) is 13.8 Å². The van der Waals surface area contributed by atoms with Crippen molar-refractivity contribution in [2.75, 3.05) is 0 Å². The molecule has 96 valence electrons. The summed E-state index contributed by atoms with van der Waals surface area (Å²) in [6.07, 6.45) is 1.11. The molecule has 0 aliphatic heterocycles. The lowest BCUT2D eigenvalue weighted by Gasteiger charge is -2.25. The summed E-state index contributed by atoms with van der Waals surface area (Å²) in [5, 5.41) is 12.3. The fraction of sp³-hybridized carbons (Fsp3) is 0.385. The zero-order chi connectivity index (χ0) is 13.8. The third-order valence-electron chi connectivity index (χ3n) is 2.95. The van der Waals surface area contributed by atoms with Crippen LogP contribution in [0.2, 0.25) is 5.02 Å². The van der Waals surface area contributed by atoms with Crippen LogP contribution in [0.1, 0.15) is 37.0 Å². The molecule has 0 heterocycles. The van der Waals surface area contributed by atoms with Crippen LogP contribution >= 0.6 is 27.5 Å². The minimum Gasteiger partial charge on any atom is -0.334 e. The Hall–Kier alpha value is -1.05. The van der Waals surface area contributed by atoms with E-state index >= 15 is 0 Å². The highest BCUT2D eigenvalue weighted by molar-refractivity contribution is 9.10. The minimum absolute atomic E-state index is 0.327. The lowest BCUT2D eigenvalue weighted by molar-refractivity contribution is 0.0915. The van der Waals surface area contributed by atoms with Crippen molar-refractivity contribution in [1.29, 1.82) is 5.26 Å². The first-order valence-corrected chi connectivity index (χ1v) is 6.84. The lowest BCUT2D eigenvalue weighted by atomic mass is 9.94. The molecule has 0 aliphatic carbocycles. The Morgan fingerprint density at radius 3 is 2.61 bits per heavy atom. The number of amides is 1. The van der Waals surface area contributed by atoms with Crippen LogP contribution in [0, 0.1) is 11.3 Å². The summed E-state index contributed by atoms with van der Waals surface area (Å²) < 4.78 is 0.771. The van der Waals surface area contributed by atoms with E-state index in [2.05, 4.69) is 27.3 Å². The van der Waals surface area contributed by atoms with E-state index in [0.717, 1.165) is 4.47 Å². The number of hydrogen-bond donors (Lipinski definition) is 1. The van der Waals surface area contributed by atoms with E-state index in [9.17, 15) is 10.1 Å². The fourth-order valence-corrected chi connectivity index (χ4v) is 2.13. The van der Waals surface area contributed by atoms with Crippen LogP contribution in [-0.4, -0.2) is 11.4 Å². The van der Waals surface area contributed by atoms with E-state index in [4.69, 9.17) is 11.6 Å². The van der Waals surface area contributed by atoms with Crippen molar-refractivity contribution in [3.63, 3.8) is 0 Å². The summed E-state index contributed by atoms with van der Waals surface area (Å²) in [6, 6.07) is 7.21. The molecule has 1 aromatic carbocycles. The van der Waals surface area contributed by atoms with Crippen molar-refractivity contribution in [2.45, 2.75) is 32.2 Å². The Morgan fingerprint density at radius 2 is 2.11 bits per heavy atom. The van der Waals surface area contributed by atoms with Gasteiger partial charge in [-0.3, -0.25) is 4.79 Å². The second-order valence-electron chi connectivity index (χ2n) is 3.98. The Balaban J connectivity index is 3.02. The van der Waals surface area contributed by atoms with Crippen molar-refractivity contribution >= 4 is 33.4 Å². The molecule has 0 spiro atoms. The molecule has 0 bridgehead atoms. The first kappa shape index (κ1) is 15.0. The number of hydrogen-bond acceptors (Lipinski definition) is 2. The maximum atomic E-state index is 12.1. The zero-order valence-electron chi connectivity index (χ0n) is 10.3. The van der Waals surface area contributed by atoms with E-state index < -0.39 is 5.54 Å². The second-order valence-corrected chi connectivity index (χ2v) is 5.30. The van der Waals surface area contributed by atoms with Gasteiger partial charge >= 0.3 is 0 Å². The standard InChI is InChI=1S/C13H14BrClN2O/c1-3-13(4-2,8-16)17-12(18)10-7-9(14)5-6-11(10)15/h5-7H,3-4H2,1-2H3,(H,17,18). The van der Waals surface area contributed by atoms with Crippen LogP contribution in [0.25, 0.3) is 0 Å². The van der Waals surface area contributed by atoms with Gasteiger partial charge in [0.15, 0.2) is 0 Å². The molecule has 0 radical (unpaired) electrons. The average Bonchev–Trinajstić information content (AvgIpc) is 2.38. The van der Waals surface area contributed by atoms with Gasteiger partial charge in [0.05, 0.1) is 16.7 Å². The largest absolute Gasteiger partial charge is 0.334 e. The van der Waals surface area contributed by atoms with Gasteiger partial charge in [0, 0.05) is 4.47 Å². The van der Waals surface area contributed by atoms with E-state index in [1.165, 1.54) is 0 Å². The highest BCUT2D eigenvalue weighted by Gasteiger charge is 2.28. The number of nitriles is 1. The molecule has 0 saturated carbocycles. The first-order chi connectivity index (χ1) is 8.48. The van der Waals surface area contributed by atoms with Crippen LogP contribution < -0.4 is 5.32 Å². The predicted molar refractivity (Wildman–Crippen MR) is 75.5 cm³/mol. The summed E-state index contributed by atoms with van der Waals surface area (Å²) in [4.78, 5) is 12.1. The van der Waals surface area contributed by atoms with Crippen LogP contribution in [0.4, 0.5) is 0 Å². The van der Waals surface area contributed by atoms with E-state index in [-0.39, 0.29) is 5.91 Å². The van der Waals surface area contributed by atoms with Gasteiger partial charge in [0.1, 0.15) is 5.54 Å². The molecule has 3 nitrogen and oxygen atoms in total. The van der Waals surface area contributed by atoms with Gasteiger partial charge in [0.2, 0.25) is 0 Å². The number of nitrogens with zero attached hydrogens (tertiary/aromatic N) is 1. The van der Waals surface area contributed by atoms with Gasteiger partial charge < -0.3 is 5.32 Å². The van der Waals surface area contributed by atoms with Gasteiger partial charge in [-0.15, -0.1) is 0 Å². The molecule has 1 rings (SSSR count). The van der Waals surface area contributed by atoms with Gasteiger partial charge in [-0.2, -0.15) is 5.26 Å². The maximum Gasteiger partial charge on any atom is 0.254 e. The number of rotatable bonds is 4. The highest BCUT2D eigenvalue weighted by Crippen LogP contribution is 2.22. The quantitative estimate of drug-likeness (QED) is 0.910. The summed E-state index contributed by atoms with van der Waals surface area (Å²) in [5.74, 6) is -0.327. The molecule has 0 aliphatic rings. The maximum absolute atomic E-state index is 12.1. The normalized spacial score (nSPS) is 10.8. The topological polar surface area (TPSA) is 52.9 Å². The average molecular weight is 330 g/mol. The Labute approximate surface area is 120 Å². The summed E-state index contributed by atoms with van der Waals surface area (Å²) >= 11 is 9.28. The molecule has 0 aromatic heterocycles. The van der Waals surface area contributed by atoms with Gasteiger partial charge in [-0.1, -0.05) is 41.4 Å². The number of nitrogens with one attached hydrogen (secondary N) is 1. The Morgan fingerprint density at radius 1 is 1.50 bits per heavy atom. The van der Waals surface area contributed by atoms with Gasteiger partial charge in [-0.05, 0) is 31.0 Å². The zero-order valence-corrected chi connectivity index (χ0v) is 12.6. The lowest BCUT2D eigenvalue weighted by Crippen LogP contribution is -2.46. The van der Waals surface area contributed by atoms with E-state index in [1.54, 1.807) is 18.2 Å². The summed E-state index contributed by atoms with van der Waals surface area (Å²) in [6.45, 7) is 3.74. The van der Waals surface area contributed by atoms with Gasteiger partial charge in [0.25, 0.3) is 5.91 Å². The van der Waals surface area contributed by atoms with Crippen LogP contribution in [-0.2, 0) is 0 Å². The Kier molecular flexibility index (Phi) is 5.18. The molecular formula is C13H14BrClN2O. The van der Waals surface area contributed by atoms with Crippen LogP contribution in [0.3, 0.4) is 0 Å². The molecule has 1 N–H and O–H groups in total. The SMILES string of the molecule is CCC(C#N)(CC)NC(=O)c1cc(Br)ccc1Cl. The van der Waals surface area contributed by atoms with Crippen molar-refractivity contribution in [3.8, 4) is 6.07 Å². The number of carbonyl (C=O) groups is 1. The summed E-state index contributed by atoms with van der Waals surface area (Å²) in [5.41, 5.74) is -0.463. The predicted octanol–water partition coefficient (Wildman–Crippen LogP) is 3.91. The number of benzene rings is 1. The molecule has 18 heavy (non-hydrogen) atoms. The number of halogens is 2. The molecular weight excluding hydrogens is 316 g/mol. The highest BCUT2D eigenvalue weighted by atomic mass is 79.9. The van der Waals surface area contributed by atoms with Crippen LogP contribution in [0.5, 0.6) is 0 Å². The molecule has 0 saturated heterocycles. The molecule has 5 heteroatoms. The fourth-order valence-electron chi connectivity index (χ4n) is 1.57. The third-order valence-corrected chi connectivity index (χ3v) is 3.77. The van der Waals surface area contributed by atoms with E-state index in [0.29, 0.717) is 23.4 Å². The van der Waals surface area contributed by atoms with Crippen molar-refractivity contribution in [3.05, 3.63) is 33.3 Å². The smallest absolute Gasteiger partial charge is 0.254 e. The molecule has 0 unspecified atom stereocenters. The van der Waals surface area contributed by atoms with Crippen LogP contribution in [0.15, 0.2) is 22.7 Å². The minimum atomic E-state index is -0.831.